The van der Waals surface area contributed by atoms with Gasteiger partial charge in [0.15, 0.2) is 5.11 Å². The zero-order chi connectivity index (χ0) is 13.7. The Morgan fingerprint density at radius 3 is 2.68 bits per heavy atom. The van der Waals surface area contributed by atoms with Crippen molar-refractivity contribution in [3.63, 3.8) is 0 Å². The van der Waals surface area contributed by atoms with Gasteiger partial charge in [-0.05, 0) is 42.9 Å². The maximum Gasteiger partial charge on any atom is 0.247 e. The van der Waals surface area contributed by atoms with Crippen molar-refractivity contribution >= 4 is 23.0 Å². The van der Waals surface area contributed by atoms with Gasteiger partial charge in [0.1, 0.15) is 0 Å². The second-order valence-corrected chi connectivity index (χ2v) is 4.61. The SMILES string of the molecule is CCCCc1nnc(-c2ccc(NC(N)=S)cc2)o1. The average molecular weight is 276 g/mol. The Bertz CT molecular complexity index is 550. The third-order valence-electron chi connectivity index (χ3n) is 2.61. The summed E-state index contributed by atoms with van der Waals surface area (Å²) in [6, 6.07) is 7.50. The van der Waals surface area contributed by atoms with E-state index in [1.165, 1.54) is 0 Å². The molecule has 1 heterocycles. The first kappa shape index (κ1) is 13.5. The third-order valence-corrected chi connectivity index (χ3v) is 2.71. The fourth-order valence-electron chi connectivity index (χ4n) is 1.64. The summed E-state index contributed by atoms with van der Waals surface area (Å²) in [4.78, 5) is 0. The van der Waals surface area contributed by atoms with Crippen LogP contribution in [0.5, 0.6) is 0 Å². The molecule has 2 aromatic rings. The van der Waals surface area contributed by atoms with Crippen LogP contribution in [0.2, 0.25) is 0 Å². The molecule has 0 spiro atoms. The Hall–Kier alpha value is -1.95. The van der Waals surface area contributed by atoms with E-state index in [4.69, 9.17) is 22.4 Å². The molecule has 0 saturated heterocycles. The lowest BCUT2D eigenvalue weighted by molar-refractivity contribution is 0.496. The molecular formula is C13H16N4OS. The first-order chi connectivity index (χ1) is 9.19. The molecular weight excluding hydrogens is 260 g/mol. The number of unbranched alkanes of at least 4 members (excludes halogenated alkanes) is 1. The van der Waals surface area contributed by atoms with E-state index >= 15 is 0 Å². The van der Waals surface area contributed by atoms with Gasteiger partial charge in [0, 0.05) is 17.7 Å². The van der Waals surface area contributed by atoms with Crippen LogP contribution in [0.1, 0.15) is 25.7 Å². The number of hydrogen-bond acceptors (Lipinski definition) is 4. The molecule has 100 valence electrons. The van der Waals surface area contributed by atoms with Gasteiger partial charge in [-0.15, -0.1) is 10.2 Å². The number of benzene rings is 1. The van der Waals surface area contributed by atoms with E-state index in [1.807, 2.05) is 24.3 Å². The molecule has 0 bridgehead atoms. The summed E-state index contributed by atoms with van der Waals surface area (Å²) in [6.07, 6.45) is 2.99. The predicted octanol–water partition coefficient (Wildman–Crippen LogP) is 2.73. The molecule has 1 aromatic carbocycles. The summed E-state index contributed by atoms with van der Waals surface area (Å²) in [5, 5.41) is 11.2. The first-order valence-electron chi connectivity index (χ1n) is 6.18. The van der Waals surface area contributed by atoms with E-state index in [9.17, 15) is 0 Å². The molecule has 0 unspecified atom stereocenters. The predicted molar refractivity (Wildman–Crippen MR) is 78.8 cm³/mol. The molecule has 0 aliphatic heterocycles. The average Bonchev–Trinajstić information content (AvgIpc) is 2.85. The Morgan fingerprint density at radius 1 is 1.32 bits per heavy atom. The fourth-order valence-corrected chi connectivity index (χ4v) is 1.76. The van der Waals surface area contributed by atoms with Crippen molar-refractivity contribution in [2.75, 3.05) is 5.32 Å². The normalized spacial score (nSPS) is 10.4. The Kier molecular flexibility index (Phi) is 4.46. The maximum atomic E-state index is 5.60. The second-order valence-electron chi connectivity index (χ2n) is 4.17. The number of aromatic nitrogens is 2. The van der Waals surface area contributed by atoms with Crippen LogP contribution in [-0.4, -0.2) is 15.3 Å². The van der Waals surface area contributed by atoms with Gasteiger partial charge in [0.2, 0.25) is 11.8 Å². The molecule has 0 atom stereocenters. The van der Waals surface area contributed by atoms with E-state index in [1.54, 1.807) is 0 Å². The number of nitrogens with one attached hydrogen (secondary N) is 1. The topological polar surface area (TPSA) is 77.0 Å². The standard InChI is InChI=1S/C13H16N4OS/c1-2-3-4-11-16-17-12(18-11)9-5-7-10(8-6-9)15-13(14)19/h5-8H,2-4H2,1H3,(H3,14,15,19). The highest BCUT2D eigenvalue weighted by molar-refractivity contribution is 7.80. The molecule has 2 rings (SSSR count). The van der Waals surface area contributed by atoms with E-state index in [0.29, 0.717) is 11.8 Å². The summed E-state index contributed by atoms with van der Waals surface area (Å²) < 4.78 is 5.60. The molecule has 19 heavy (non-hydrogen) atoms. The lowest BCUT2D eigenvalue weighted by Gasteiger charge is -2.03. The number of anilines is 1. The molecule has 6 heteroatoms. The molecule has 0 aliphatic rings. The third kappa shape index (κ3) is 3.75. The van der Waals surface area contributed by atoms with Crippen LogP contribution in [0.25, 0.3) is 11.5 Å². The number of thiocarbonyl (C=S) groups is 1. The van der Waals surface area contributed by atoms with Crippen molar-refractivity contribution < 1.29 is 4.42 Å². The Balaban J connectivity index is 2.09. The van der Waals surface area contributed by atoms with Gasteiger partial charge >= 0.3 is 0 Å². The highest BCUT2D eigenvalue weighted by Gasteiger charge is 2.08. The molecule has 0 aliphatic carbocycles. The second kappa shape index (κ2) is 6.29. The maximum absolute atomic E-state index is 5.60. The van der Waals surface area contributed by atoms with E-state index in [2.05, 4.69) is 22.4 Å². The molecule has 0 amide bonds. The lowest BCUT2D eigenvalue weighted by Crippen LogP contribution is -2.18. The number of hydrogen-bond donors (Lipinski definition) is 2. The highest BCUT2D eigenvalue weighted by atomic mass is 32.1. The van der Waals surface area contributed by atoms with Crippen molar-refractivity contribution in [1.29, 1.82) is 0 Å². The fraction of sp³-hybridized carbons (Fsp3) is 0.308. The van der Waals surface area contributed by atoms with E-state index in [0.717, 1.165) is 30.5 Å². The minimum atomic E-state index is 0.243. The molecule has 0 fully saturated rings. The van der Waals surface area contributed by atoms with Gasteiger partial charge < -0.3 is 15.5 Å². The smallest absolute Gasteiger partial charge is 0.247 e. The molecule has 0 saturated carbocycles. The van der Waals surface area contributed by atoms with Crippen molar-refractivity contribution in [2.45, 2.75) is 26.2 Å². The molecule has 0 radical (unpaired) electrons. The number of nitrogens with two attached hydrogens (primary N) is 1. The van der Waals surface area contributed by atoms with Crippen molar-refractivity contribution in [3.05, 3.63) is 30.2 Å². The zero-order valence-corrected chi connectivity index (χ0v) is 11.5. The Morgan fingerprint density at radius 2 is 2.05 bits per heavy atom. The van der Waals surface area contributed by atoms with Crippen LogP contribution in [0, 0.1) is 0 Å². The van der Waals surface area contributed by atoms with Crippen molar-refractivity contribution in [2.24, 2.45) is 5.73 Å². The number of rotatable bonds is 5. The van der Waals surface area contributed by atoms with Crippen LogP contribution in [0.4, 0.5) is 5.69 Å². The van der Waals surface area contributed by atoms with Gasteiger partial charge in [0.05, 0.1) is 0 Å². The van der Waals surface area contributed by atoms with Crippen LogP contribution in [0.15, 0.2) is 28.7 Å². The zero-order valence-electron chi connectivity index (χ0n) is 10.7. The van der Waals surface area contributed by atoms with E-state index in [-0.39, 0.29) is 5.11 Å². The number of nitrogens with zero attached hydrogens (tertiary/aromatic N) is 2. The summed E-state index contributed by atoms with van der Waals surface area (Å²) in [5.41, 5.74) is 7.12. The van der Waals surface area contributed by atoms with Crippen molar-refractivity contribution in [3.8, 4) is 11.5 Å². The summed E-state index contributed by atoms with van der Waals surface area (Å²) in [5.74, 6) is 1.22. The largest absolute Gasteiger partial charge is 0.421 e. The lowest BCUT2D eigenvalue weighted by atomic mass is 10.2. The van der Waals surface area contributed by atoms with Crippen LogP contribution in [-0.2, 0) is 6.42 Å². The first-order valence-corrected chi connectivity index (χ1v) is 6.59. The molecule has 3 N–H and O–H groups in total. The van der Waals surface area contributed by atoms with E-state index < -0.39 is 0 Å². The minimum Gasteiger partial charge on any atom is -0.421 e. The Labute approximate surface area is 117 Å². The van der Waals surface area contributed by atoms with Gasteiger partial charge in [-0.25, -0.2) is 0 Å². The molecule has 1 aromatic heterocycles. The summed E-state index contributed by atoms with van der Waals surface area (Å²) >= 11 is 4.77. The van der Waals surface area contributed by atoms with Crippen molar-refractivity contribution in [1.82, 2.24) is 10.2 Å². The summed E-state index contributed by atoms with van der Waals surface area (Å²) in [6.45, 7) is 2.13. The minimum absolute atomic E-state index is 0.243. The summed E-state index contributed by atoms with van der Waals surface area (Å²) in [7, 11) is 0. The molecule has 5 nitrogen and oxygen atoms in total. The van der Waals surface area contributed by atoms with Crippen LogP contribution < -0.4 is 11.1 Å². The number of aryl methyl sites for hydroxylation is 1. The highest BCUT2D eigenvalue weighted by Crippen LogP contribution is 2.20. The monoisotopic (exact) mass is 276 g/mol. The quantitative estimate of drug-likeness (QED) is 0.818. The van der Waals surface area contributed by atoms with Gasteiger partial charge in [-0.3, -0.25) is 0 Å². The van der Waals surface area contributed by atoms with Gasteiger partial charge in [-0.1, -0.05) is 13.3 Å². The van der Waals surface area contributed by atoms with Crippen LogP contribution in [0.3, 0.4) is 0 Å². The van der Waals surface area contributed by atoms with Crippen LogP contribution >= 0.6 is 12.2 Å². The van der Waals surface area contributed by atoms with Gasteiger partial charge in [-0.2, -0.15) is 0 Å². The van der Waals surface area contributed by atoms with Gasteiger partial charge in [0.25, 0.3) is 0 Å².